The molecule has 0 spiro atoms. The van der Waals surface area contributed by atoms with Crippen LogP contribution < -0.4 is 25.6 Å². The molecule has 0 saturated carbocycles. The molecule has 130 valence electrons. The van der Waals surface area contributed by atoms with Crippen molar-refractivity contribution >= 4 is 5.91 Å². The van der Waals surface area contributed by atoms with Crippen molar-refractivity contribution < 1.29 is 14.3 Å². The molecule has 3 N–H and O–H groups in total. The highest BCUT2D eigenvalue weighted by Crippen LogP contribution is 2.33. The maximum atomic E-state index is 12.7. The molecule has 25 heavy (non-hydrogen) atoms. The van der Waals surface area contributed by atoms with Gasteiger partial charge in [0.25, 0.3) is 5.91 Å². The molecule has 1 saturated heterocycles. The van der Waals surface area contributed by atoms with Crippen LogP contribution in [0.3, 0.4) is 0 Å². The van der Waals surface area contributed by atoms with E-state index < -0.39 is 0 Å². The number of amides is 1. The Bertz CT molecular complexity index is 791. The number of aryl methyl sites for hydroxylation is 1. The molecule has 6 heteroatoms. The molecule has 1 fully saturated rings. The minimum atomic E-state index is -0.198. The number of hydrogen-bond acceptors (Lipinski definition) is 5. The normalized spacial score (nSPS) is 24.3. The van der Waals surface area contributed by atoms with Gasteiger partial charge in [-0.15, -0.1) is 0 Å². The van der Waals surface area contributed by atoms with E-state index in [1.807, 2.05) is 0 Å². The lowest BCUT2D eigenvalue weighted by atomic mass is 9.91. The molecular formula is C19H21N3O3. The molecule has 2 aromatic carbocycles. The van der Waals surface area contributed by atoms with Crippen molar-refractivity contribution in [3.63, 3.8) is 0 Å². The Labute approximate surface area is 146 Å². The fraction of sp³-hybridized carbons (Fsp3) is 0.316. The summed E-state index contributed by atoms with van der Waals surface area (Å²) >= 11 is 0. The van der Waals surface area contributed by atoms with Gasteiger partial charge in [-0.1, -0.05) is 29.8 Å². The van der Waals surface area contributed by atoms with Crippen molar-refractivity contribution in [2.24, 2.45) is 0 Å². The van der Waals surface area contributed by atoms with Crippen LogP contribution in [0.25, 0.3) is 0 Å². The summed E-state index contributed by atoms with van der Waals surface area (Å²) in [5.41, 5.74) is 9.36. The molecule has 0 aliphatic carbocycles. The summed E-state index contributed by atoms with van der Waals surface area (Å²) in [4.78, 5) is 12.7. The predicted molar refractivity (Wildman–Crippen MR) is 93.5 cm³/mol. The van der Waals surface area contributed by atoms with Gasteiger partial charge in [0.05, 0.1) is 0 Å². The highest BCUT2D eigenvalue weighted by molar-refractivity contribution is 5.95. The van der Waals surface area contributed by atoms with Gasteiger partial charge < -0.3 is 14.8 Å². The number of nitrogens with one attached hydrogen (secondary N) is 3. The summed E-state index contributed by atoms with van der Waals surface area (Å²) in [6, 6.07) is 13.8. The van der Waals surface area contributed by atoms with E-state index in [-0.39, 0.29) is 30.8 Å². The van der Waals surface area contributed by atoms with Crippen molar-refractivity contribution in [2.45, 2.75) is 32.0 Å². The lowest BCUT2D eigenvalue weighted by molar-refractivity contribution is 0.0928. The van der Waals surface area contributed by atoms with Gasteiger partial charge in [0.15, 0.2) is 11.5 Å². The van der Waals surface area contributed by atoms with E-state index in [0.717, 1.165) is 0 Å². The zero-order chi connectivity index (χ0) is 17.4. The van der Waals surface area contributed by atoms with Crippen LogP contribution in [-0.4, -0.2) is 24.9 Å². The Balaban J connectivity index is 1.52. The molecule has 3 atom stereocenters. The van der Waals surface area contributed by atoms with Gasteiger partial charge >= 0.3 is 0 Å². The number of carbonyl (C=O) groups excluding carboxylic acids is 1. The van der Waals surface area contributed by atoms with Crippen molar-refractivity contribution in [2.75, 3.05) is 6.79 Å². The van der Waals surface area contributed by atoms with Crippen molar-refractivity contribution in [3.05, 3.63) is 59.2 Å². The number of hydrazine groups is 1. The van der Waals surface area contributed by atoms with Crippen LogP contribution in [0.5, 0.6) is 11.5 Å². The maximum absolute atomic E-state index is 12.7. The minimum absolute atomic E-state index is 0.138. The molecule has 4 rings (SSSR count). The Hall–Kier alpha value is -2.57. The number of fused-ring (bicyclic) bond motifs is 1. The molecule has 1 amide bonds. The van der Waals surface area contributed by atoms with Crippen LogP contribution in [0.15, 0.2) is 42.5 Å². The van der Waals surface area contributed by atoms with Gasteiger partial charge in [-0.25, -0.2) is 5.43 Å². The van der Waals surface area contributed by atoms with Crippen LogP contribution in [-0.2, 0) is 0 Å². The Morgan fingerprint density at radius 3 is 2.64 bits per heavy atom. The second-order valence-corrected chi connectivity index (χ2v) is 6.53. The molecule has 0 bridgehead atoms. The fourth-order valence-electron chi connectivity index (χ4n) is 3.35. The summed E-state index contributed by atoms with van der Waals surface area (Å²) in [7, 11) is 0. The first-order chi connectivity index (χ1) is 12.1. The average Bonchev–Trinajstić information content (AvgIpc) is 3.22. The predicted octanol–water partition coefficient (Wildman–Crippen LogP) is 2.06. The van der Waals surface area contributed by atoms with E-state index >= 15 is 0 Å². The van der Waals surface area contributed by atoms with Gasteiger partial charge in [-0.3, -0.25) is 10.2 Å². The highest BCUT2D eigenvalue weighted by atomic mass is 16.7. The van der Waals surface area contributed by atoms with Gasteiger partial charge in [-0.05, 0) is 37.6 Å². The molecule has 6 nitrogen and oxygen atoms in total. The molecule has 0 aromatic heterocycles. The van der Waals surface area contributed by atoms with Crippen LogP contribution in [0.2, 0.25) is 0 Å². The third kappa shape index (κ3) is 3.06. The van der Waals surface area contributed by atoms with Gasteiger partial charge in [0, 0.05) is 17.5 Å². The van der Waals surface area contributed by atoms with E-state index in [1.54, 1.807) is 18.2 Å². The average molecular weight is 339 g/mol. The smallest absolute Gasteiger partial charge is 0.252 e. The zero-order valence-electron chi connectivity index (χ0n) is 14.2. The zero-order valence-corrected chi connectivity index (χ0v) is 14.2. The van der Waals surface area contributed by atoms with Crippen LogP contribution >= 0.6 is 0 Å². The van der Waals surface area contributed by atoms with E-state index in [4.69, 9.17) is 9.47 Å². The first-order valence-corrected chi connectivity index (χ1v) is 8.40. The summed E-state index contributed by atoms with van der Waals surface area (Å²) in [5, 5.41) is 3.07. The quantitative estimate of drug-likeness (QED) is 0.798. The standard InChI is InChI=1S/C19H21N3O3/c1-11-3-5-13(6-4-11)17-12(2)21-22-18(17)20-19(23)14-7-8-15-16(9-14)25-10-24-15/h3-9,12,17-18,21-22H,10H2,1-2H3,(H,20,23). The van der Waals surface area contributed by atoms with E-state index in [0.29, 0.717) is 17.1 Å². The summed E-state index contributed by atoms with van der Waals surface area (Å²) in [6.07, 6.45) is -0.198. The summed E-state index contributed by atoms with van der Waals surface area (Å²) in [5.74, 6) is 1.26. The fourth-order valence-corrected chi connectivity index (χ4v) is 3.35. The Morgan fingerprint density at radius 2 is 1.84 bits per heavy atom. The van der Waals surface area contributed by atoms with E-state index in [9.17, 15) is 4.79 Å². The maximum Gasteiger partial charge on any atom is 0.252 e. The Morgan fingerprint density at radius 1 is 1.08 bits per heavy atom. The Kier molecular flexibility index (Phi) is 4.07. The molecule has 2 aromatic rings. The number of carbonyl (C=O) groups is 1. The van der Waals surface area contributed by atoms with Crippen LogP contribution in [0.4, 0.5) is 0 Å². The number of hydrogen-bond donors (Lipinski definition) is 3. The molecule has 2 heterocycles. The second kappa shape index (κ2) is 6.38. The van der Waals surface area contributed by atoms with Crippen molar-refractivity contribution in [1.29, 1.82) is 0 Å². The van der Waals surface area contributed by atoms with Crippen LogP contribution in [0, 0.1) is 6.92 Å². The lowest BCUT2D eigenvalue weighted by Gasteiger charge is -2.22. The van der Waals surface area contributed by atoms with Gasteiger partial charge in [0.1, 0.15) is 6.17 Å². The lowest BCUT2D eigenvalue weighted by Crippen LogP contribution is -2.46. The molecular weight excluding hydrogens is 318 g/mol. The van der Waals surface area contributed by atoms with E-state index in [1.165, 1.54) is 11.1 Å². The molecule has 3 unspecified atom stereocenters. The summed E-state index contributed by atoms with van der Waals surface area (Å²) in [6.45, 7) is 4.36. The first kappa shape index (κ1) is 15.9. The summed E-state index contributed by atoms with van der Waals surface area (Å²) < 4.78 is 10.6. The van der Waals surface area contributed by atoms with Gasteiger partial charge in [0.2, 0.25) is 6.79 Å². The van der Waals surface area contributed by atoms with Gasteiger partial charge in [-0.2, -0.15) is 0 Å². The molecule has 2 aliphatic heterocycles. The monoisotopic (exact) mass is 339 g/mol. The topological polar surface area (TPSA) is 71.6 Å². The van der Waals surface area contributed by atoms with Crippen molar-refractivity contribution in [3.8, 4) is 11.5 Å². The van der Waals surface area contributed by atoms with Crippen molar-refractivity contribution in [1.82, 2.24) is 16.2 Å². The highest BCUT2D eigenvalue weighted by Gasteiger charge is 2.35. The number of rotatable bonds is 3. The molecule has 0 radical (unpaired) electrons. The third-order valence-electron chi connectivity index (χ3n) is 4.75. The minimum Gasteiger partial charge on any atom is -0.454 e. The number of ether oxygens (including phenoxy) is 2. The number of benzene rings is 2. The van der Waals surface area contributed by atoms with E-state index in [2.05, 4.69) is 54.3 Å². The van der Waals surface area contributed by atoms with Crippen LogP contribution in [0.1, 0.15) is 34.3 Å². The first-order valence-electron chi connectivity index (χ1n) is 8.40. The molecule has 2 aliphatic rings. The second-order valence-electron chi connectivity index (χ2n) is 6.53. The third-order valence-corrected chi connectivity index (χ3v) is 4.75. The SMILES string of the molecule is Cc1ccc(C2C(C)NNC2NC(=O)c2ccc3c(c2)OCO3)cc1. The largest absolute Gasteiger partial charge is 0.454 e.